The lowest BCUT2D eigenvalue weighted by Crippen LogP contribution is -2.38. The van der Waals surface area contributed by atoms with Crippen LogP contribution in [0.3, 0.4) is 0 Å². The first kappa shape index (κ1) is 12.1. The highest BCUT2D eigenvalue weighted by atomic mass is 32.1. The minimum Gasteiger partial charge on any atom is -0.393 e. The molecular weight excluding hydrogens is 218 g/mol. The molecule has 1 unspecified atom stereocenters. The number of aliphatic hydroxyl groups excluding tert-OH is 1. The second-order valence-electron chi connectivity index (χ2n) is 5.14. The summed E-state index contributed by atoms with van der Waals surface area (Å²) in [6.07, 6.45) is 1.91. The fourth-order valence-electron chi connectivity index (χ4n) is 2.29. The van der Waals surface area contributed by atoms with Gasteiger partial charge in [0.05, 0.1) is 6.10 Å². The molecule has 16 heavy (non-hydrogen) atoms. The standard InChI is InChI=1S/C13H21NOS/c1-9(2)13(12-4-3-5-16-12)14-8-10-6-11(15)7-10/h3-5,9-11,13-15H,6-8H2,1-2H3. The van der Waals surface area contributed by atoms with Gasteiger partial charge in [0, 0.05) is 10.9 Å². The van der Waals surface area contributed by atoms with Crippen molar-refractivity contribution in [3.63, 3.8) is 0 Å². The third-order valence-electron chi connectivity index (χ3n) is 3.35. The van der Waals surface area contributed by atoms with Crippen molar-refractivity contribution >= 4 is 11.3 Å². The van der Waals surface area contributed by atoms with E-state index in [0.29, 0.717) is 17.9 Å². The first-order valence-corrected chi connectivity index (χ1v) is 6.99. The lowest BCUT2D eigenvalue weighted by molar-refractivity contribution is 0.0412. The molecule has 0 saturated heterocycles. The number of thiophene rings is 1. The quantitative estimate of drug-likeness (QED) is 0.828. The molecule has 90 valence electrons. The van der Waals surface area contributed by atoms with Crippen LogP contribution in [-0.2, 0) is 0 Å². The molecule has 1 heterocycles. The minimum atomic E-state index is -0.0361. The Morgan fingerprint density at radius 2 is 2.25 bits per heavy atom. The fraction of sp³-hybridized carbons (Fsp3) is 0.692. The summed E-state index contributed by atoms with van der Waals surface area (Å²) in [5, 5.41) is 15.0. The first-order valence-electron chi connectivity index (χ1n) is 6.11. The maximum Gasteiger partial charge on any atom is 0.0546 e. The van der Waals surface area contributed by atoms with Crippen LogP contribution >= 0.6 is 11.3 Å². The van der Waals surface area contributed by atoms with E-state index in [4.69, 9.17) is 0 Å². The smallest absolute Gasteiger partial charge is 0.0546 e. The minimum absolute atomic E-state index is 0.0361. The predicted molar refractivity (Wildman–Crippen MR) is 68.6 cm³/mol. The average molecular weight is 239 g/mol. The van der Waals surface area contributed by atoms with Crippen LogP contribution in [0.1, 0.15) is 37.6 Å². The molecule has 0 bridgehead atoms. The SMILES string of the molecule is CC(C)C(NCC1CC(O)C1)c1cccs1. The Labute approximate surface area is 102 Å². The lowest BCUT2D eigenvalue weighted by Gasteiger charge is -2.33. The molecule has 0 spiro atoms. The molecule has 1 aliphatic carbocycles. The van der Waals surface area contributed by atoms with Crippen molar-refractivity contribution in [2.75, 3.05) is 6.54 Å². The van der Waals surface area contributed by atoms with Crippen molar-refractivity contribution in [1.29, 1.82) is 0 Å². The van der Waals surface area contributed by atoms with E-state index in [2.05, 4.69) is 36.7 Å². The van der Waals surface area contributed by atoms with Crippen LogP contribution in [0.15, 0.2) is 17.5 Å². The maximum absolute atomic E-state index is 9.25. The topological polar surface area (TPSA) is 32.3 Å². The van der Waals surface area contributed by atoms with Gasteiger partial charge in [0.1, 0.15) is 0 Å². The number of nitrogens with one attached hydrogen (secondary N) is 1. The van der Waals surface area contributed by atoms with Crippen LogP contribution < -0.4 is 5.32 Å². The van der Waals surface area contributed by atoms with Crippen molar-refractivity contribution in [3.8, 4) is 0 Å². The summed E-state index contributed by atoms with van der Waals surface area (Å²) in [6, 6.07) is 4.79. The van der Waals surface area contributed by atoms with Crippen molar-refractivity contribution in [2.45, 2.75) is 38.8 Å². The zero-order chi connectivity index (χ0) is 11.5. The maximum atomic E-state index is 9.25. The summed E-state index contributed by atoms with van der Waals surface area (Å²) >= 11 is 1.83. The van der Waals surface area contributed by atoms with Crippen LogP contribution in [0.5, 0.6) is 0 Å². The van der Waals surface area contributed by atoms with Crippen LogP contribution in [-0.4, -0.2) is 17.8 Å². The third kappa shape index (κ3) is 2.84. The van der Waals surface area contributed by atoms with Gasteiger partial charge in [-0.1, -0.05) is 19.9 Å². The summed E-state index contributed by atoms with van der Waals surface area (Å²) in [4.78, 5) is 1.43. The summed E-state index contributed by atoms with van der Waals surface area (Å²) in [5.74, 6) is 1.29. The second-order valence-corrected chi connectivity index (χ2v) is 6.12. The zero-order valence-electron chi connectivity index (χ0n) is 10.0. The summed E-state index contributed by atoms with van der Waals surface area (Å²) in [6.45, 7) is 5.55. The van der Waals surface area contributed by atoms with Crippen molar-refractivity contribution < 1.29 is 5.11 Å². The average Bonchev–Trinajstić information content (AvgIpc) is 2.67. The highest BCUT2D eigenvalue weighted by Gasteiger charge is 2.28. The monoisotopic (exact) mass is 239 g/mol. The molecule has 1 aliphatic rings. The lowest BCUT2D eigenvalue weighted by atomic mass is 9.82. The van der Waals surface area contributed by atoms with E-state index in [0.717, 1.165) is 19.4 Å². The third-order valence-corrected chi connectivity index (χ3v) is 4.31. The highest BCUT2D eigenvalue weighted by Crippen LogP contribution is 2.29. The van der Waals surface area contributed by atoms with Gasteiger partial charge >= 0.3 is 0 Å². The molecule has 1 aromatic rings. The van der Waals surface area contributed by atoms with Crippen molar-refractivity contribution in [1.82, 2.24) is 5.32 Å². The van der Waals surface area contributed by atoms with Crippen LogP contribution in [0.2, 0.25) is 0 Å². The molecule has 3 heteroatoms. The normalized spacial score (nSPS) is 26.8. The van der Waals surface area contributed by atoms with Gasteiger partial charge in [-0.15, -0.1) is 11.3 Å². The van der Waals surface area contributed by atoms with E-state index in [-0.39, 0.29) is 6.10 Å². The Kier molecular flexibility index (Phi) is 4.00. The summed E-state index contributed by atoms with van der Waals surface area (Å²) in [7, 11) is 0. The zero-order valence-corrected chi connectivity index (χ0v) is 10.8. The van der Waals surface area contributed by atoms with Crippen molar-refractivity contribution in [2.24, 2.45) is 11.8 Å². The van der Waals surface area contributed by atoms with E-state index in [9.17, 15) is 5.11 Å². The Morgan fingerprint density at radius 3 is 2.75 bits per heavy atom. The summed E-state index contributed by atoms with van der Waals surface area (Å²) < 4.78 is 0. The van der Waals surface area contributed by atoms with Crippen molar-refractivity contribution in [3.05, 3.63) is 22.4 Å². The number of hydrogen-bond acceptors (Lipinski definition) is 3. The van der Waals surface area contributed by atoms with Crippen LogP contribution in [0.4, 0.5) is 0 Å². The number of rotatable bonds is 5. The predicted octanol–water partition coefficient (Wildman–Crippen LogP) is 2.81. The van der Waals surface area contributed by atoms with E-state index in [1.165, 1.54) is 4.88 Å². The van der Waals surface area contributed by atoms with Gasteiger partial charge in [0.2, 0.25) is 0 Å². The molecule has 0 radical (unpaired) electrons. The van der Waals surface area contributed by atoms with Gasteiger partial charge in [-0.05, 0) is 42.7 Å². The van der Waals surface area contributed by atoms with Gasteiger partial charge < -0.3 is 10.4 Å². The molecule has 1 fully saturated rings. The van der Waals surface area contributed by atoms with Gasteiger partial charge in [-0.2, -0.15) is 0 Å². The molecular formula is C13H21NOS. The van der Waals surface area contributed by atoms with Crippen LogP contribution in [0, 0.1) is 11.8 Å². The molecule has 2 rings (SSSR count). The van der Waals surface area contributed by atoms with E-state index in [1.54, 1.807) is 0 Å². The Hall–Kier alpha value is -0.380. The van der Waals surface area contributed by atoms with Gasteiger partial charge in [0.15, 0.2) is 0 Å². The molecule has 0 aromatic carbocycles. The molecule has 0 aliphatic heterocycles. The second kappa shape index (κ2) is 5.30. The van der Waals surface area contributed by atoms with E-state index < -0.39 is 0 Å². The number of hydrogen-bond donors (Lipinski definition) is 2. The molecule has 1 saturated carbocycles. The molecule has 2 N–H and O–H groups in total. The molecule has 2 nitrogen and oxygen atoms in total. The fourth-order valence-corrected chi connectivity index (χ4v) is 3.27. The van der Waals surface area contributed by atoms with E-state index >= 15 is 0 Å². The van der Waals surface area contributed by atoms with E-state index in [1.807, 2.05) is 11.3 Å². The highest BCUT2D eigenvalue weighted by molar-refractivity contribution is 7.10. The number of aliphatic hydroxyl groups is 1. The van der Waals surface area contributed by atoms with Gasteiger partial charge in [0.25, 0.3) is 0 Å². The van der Waals surface area contributed by atoms with Gasteiger partial charge in [-0.3, -0.25) is 0 Å². The van der Waals surface area contributed by atoms with Crippen LogP contribution in [0.25, 0.3) is 0 Å². The molecule has 0 amide bonds. The first-order chi connectivity index (χ1) is 7.66. The summed E-state index contributed by atoms with van der Waals surface area (Å²) in [5.41, 5.74) is 0. The Bertz CT molecular complexity index is 304. The molecule has 1 aromatic heterocycles. The Morgan fingerprint density at radius 1 is 1.50 bits per heavy atom. The van der Waals surface area contributed by atoms with Gasteiger partial charge in [-0.25, -0.2) is 0 Å². The Balaban J connectivity index is 1.84. The largest absolute Gasteiger partial charge is 0.393 e. The molecule has 1 atom stereocenters.